The maximum absolute atomic E-state index is 10.4. The van der Waals surface area contributed by atoms with Crippen LogP contribution >= 0.6 is 0 Å². The minimum Gasteiger partial charge on any atom is -0.388 e. The Morgan fingerprint density at radius 2 is 2.17 bits per heavy atom. The predicted molar refractivity (Wildman–Crippen MR) is 71.3 cm³/mol. The van der Waals surface area contributed by atoms with E-state index in [2.05, 4.69) is 15.4 Å². The molecule has 4 N–H and O–H groups in total. The van der Waals surface area contributed by atoms with Crippen molar-refractivity contribution in [3.63, 3.8) is 0 Å². The number of hydrogen-bond acceptors (Lipinski definition) is 6. The molecule has 1 aliphatic rings. The number of hydrazine groups is 1. The molecule has 1 aromatic heterocycles. The lowest BCUT2D eigenvalue weighted by Crippen LogP contribution is -2.40. The van der Waals surface area contributed by atoms with E-state index in [1.165, 1.54) is 0 Å². The molecule has 100 valence electrons. The molecule has 0 bridgehead atoms. The smallest absolute Gasteiger partial charge is 0.239 e. The van der Waals surface area contributed by atoms with Gasteiger partial charge >= 0.3 is 0 Å². The Kier molecular flexibility index (Phi) is 3.68. The molecule has 6 nitrogen and oxygen atoms in total. The Hall–Kier alpha value is -1.40. The standard InChI is InChI=1S/C12H21N5O/c1-9-7-14-11(16-13)15-10(9)17(2)8-12(18)5-3-4-6-12/h7,18H,3-6,8,13H2,1-2H3,(H,14,15,16). The molecule has 2 rings (SSSR count). The molecule has 0 spiro atoms. The first-order valence-electron chi connectivity index (χ1n) is 6.28. The average molecular weight is 251 g/mol. The second kappa shape index (κ2) is 5.07. The van der Waals surface area contributed by atoms with E-state index >= 15 is 0 Å². The van der Waals surface area contributed by atoms with E-state index in [1.807, 2.05) is 18.9 Å². The number of hydrogen-bond donors (Lipinski definition) is 3. The first-order valence-corrected chi connectivity index (χ1v) is 6.28. The van der Waals surface area contributed by atoms with E-state index in [0.29, 0.717) is 12.5 Å². The Morgan fingerprint density at radius 1 is 1.50 bits per heavy atom. The maximum atomic E-state index is 10.4. The van der Waals surface area contributed by atoms with Crippen LogP contribution in [0.25, 0.3) is 0 Å². The number of nitrogens with two attached hydrogens (primary N) is 1. The monoisotopic (exact) mass is 251 g/mol. The van der Waals surface area contributed by atoms with Gasteiger partial charge in [-0.15, -0.1) is 0 Å². The van der Waals surface area contributed by atoms with E-state index in [1.54, 1.807) is 6.20 Å². The van der Waals surface area contributed by atoms with Crippen LogP contribution in [-0.2, 0) is 0 Å². The molecule has 0 aliphatic heterocycles. The summed E-state index contributed by atoms with van der Waals surface area (Å²) in [5, 5.41) is 10.4. The van der Waals surface area contributed by atoms with Crippen molar-refractivity contribution >= 4 is 11.8 Å². The fraction of sp³-hybridized carbons (Fsp3) is 0.667. The first-order chi connectivity index (χ1) is 8.54. The van der Waals surface area contributed by atoms with Crippen LogP contribution in [-0.4, -0.2) is 34.3 Å². The van der Waals surface area contributed by atoms with Crippen LogP contribution in [0.1, 0.15) is 31.2 Å². The quantitative estimate of drug-likeness (QED) is 0.542. The lowest BCUT2D eigenvalue weighted by Gasteiger charge is -2.30. The highest BCUT2D eigenvalue weighted by Gasteiger charge is 2.32. The SMILES string of the molecule is Cc1cnc(NN)nc1N(C)CC1(O)CCCC1. The summed E-state index contributed by atoms with van der Waals surface area (Å²) in [5.41, 5.74) is 2.83. The third-order valence-corrected chi connectivity index (χ3v) is 3.50. The summed E-state index contributed by atoms with van der Waals surface area (Å²) in [5.74, 6) is 6.51. The summed E-state index contributed by atoms with van der Waals surface area (Å²) in [6.45, 7) is 2.54. The van der Waals surface area contributed by atoms with Crippen molar-refractivity contribution in [1.82, 2.24) is 9.97 Å². The summed E-state index contributed by atoms with van der Waals surface area (Å²) >= 11 is 0. The van der Waals surface area contributed by atoms with Gasteiger partial charge in [0.05, 0.1) is 5.60 Å². The van der Waals surface area contributed by atoms with Gasteiger partial charge in [-0.2, -0.15) is 4.98 Å². The average Bonchev–Trinajstić information content (AvgIpc) is 2.76. The van der Waals surface area contributed by atoms with Gasteiger partial charge in [-0.1, -0.05) is 12.8 Å². The van der Waals surface area contributed by atoms with Crippen LogP contribution < -0.4 is 16.2 Å². The van der Waals surface area contributed by atoms with Crippen molar-refractivity contribution in [2.75, 3.05) is 23.9 Å². The summed E-state index contributed by atoms with van der Waals surface area (Å²) in [4.78, 5) is 10.4. The number of aliphatic hydroxyl groups is 1. The second-order valence-corrected chi connectivity index (χ2v) is 5.13. The van der Waals surface area contributed by atoms with Gasteiger partial charge in [0.1, 0.15) is 5.82 Å². The third-order valence-electron chi connectivity index (χ3n) is 3.50. The number of likely N-dealkylation sites (N-methyl/N-ethyl adjacent to an activating group) is 1. The second-order valence-electron chi connectivity index (χ2n) is 5.13. The Balaban J connectivity index is 2.14. The van der Waals surface area contributed by atoms with Gasteiger partial charge in [-0.3, -0.25) is 5.43 Å². The summed E-state index contributed by atoms with van der Waals surface area (Å²) in [6.07, 6.45) is 5.66. The number of aryl methyl sites for hydroxylation is 1. The third kappa shape index (κ3) is 2.70. The van der Waals surface area contributed by atoms with Crippen LogP contribution in [0.3, 0.4) is 0 Å². The molecule has 0 aromatic carbocycles. The molecule has 18 heavy (non-hydrogen) atoms. The summed E-state index contributed by atoms with van der Waals surface area (Å²) < 4.78 is 0. The highest BCUT2D eigenvalue weighted by Crippen LogP contribution is 2.31. The van der Waals surface area contributed by atoms with E-state index in [9.17, 15) is 5.11 Å². The largest absolute Gasteiger partial charge is 0.388 e. The molecule has 1 saturated carbocycles. The Bertz CT molecular complexity index is 417. The number of anilines is 2. The zero-order valence-corrected chi connectivity index (χ0v) is 11.0. The first kappa shape index (κ1) is 13.0. The van der Waals surface area contributed by atoms with Gasteiger partial charge in [0.2, 0.25) is 5.95 Å². The fourth-order valence-corrected chi connectivity index (χ4v) is 2.60. The van der Waals surface area contributed by atoms with E-state index in [0.717, 1.165) is 37.1 Å². The normalized spacial score (nSPS) is 17.8. The lowest BCUT2D eigenvalue weighted by atomic mass is 10.0. The van der Waals surface area contributed by atoms with Crippen LogP contribution in [0.4, 0.5) is 11.8 Å². The van der Waals surface area contributed by atoms with Crippen molar-refractivity contribution in [3.8, 4) is 0 Å². The number of nitrogens with one attached hydrogen (secondary N) is 1. The molecule has 0 atom stereocenters. The number of nitrogens with zero attached hydrogens (tertiary/aromatic N) is 3. The van der Waals surface area contributed by atoms with Crippen LogP contribution in [0, 0.1) is 6.92 Å². The van der Waals surface area contributed by atoms with E-state index < -0.39 is 5.60 Å². The molecule has 0 radical (unpaired) electrons. The maximum Gasteiger partial charge on any atom is 0.239 e. The molecule has 0 saturated heterocycles. The van der Waals surface area contributed by atoms with Crippen LogP contribution in [0.15, 0.2) is 6.20 Å². The minimum atomic E-state index is -0.581. The van der Waals surface area contributed by atoms with Crippen molar-refractivity contribution < 1.29 is 5.11 Å². The highest BCUT2D eigenvalue weighted by molar-refractivity contribution is 5.48. The van der Waals surface area contributed by atoms with Gasteiger partial charge in [0.25, 0.3) is 0 Å². The molecule has 1 fully saturated rings. The molecular weight excluding hydrogens is 230 g/mol. The molecule has 1 aromatic rings. The van der Waals surface area contributed by atoms with Crippen molar-refractivity contribution in [3.05, 3.63) is 11.8 Å². The van der Waals surface area contributed by atoms with Gasteiger partial charge in [-0.05, 0) is 19.8 Å². The molecule has 0 unspecified atom stereocenters. The number of aromatic nitrogens is 2. The summed E-state index contributed by atoms with van der Waals surface area (Å²) in [6, 6.07) is 0. The predicted octanol–water partition coefficient (Wildman–Crippen LogP) is 0.812. The van der Waals surface area contributed by atoms with Gasteiger partial charge in [0, 0.05) is 25.4 Å². The highest BCUT2D eigenvalue weighted by atomic mass is 16.3. The van der Waals surface area contributed by atoms with Crippen molar-refractivity contribution in [2.45, 2.75) is 38.2 Å². The number of rotatable bonds is 4. The molecule has 1 heterocycles. The van der Waals surface area contributed by atoms with Crippen molar-refractivity contribution in [1.29, 1.82) is 0 Å². The van der Waals surface area contributed by atoms with Gasteiger partial charge < -0.3 is 10.0 Å². The van der Waals surface area contributed by atoms with Crippen molar-refractivity contribution in [2.24, 2.45) is 5.84 Å². The minimum absolute atomic E-state index is 0.390. The Morgan fingerprint density at radius 3 is 2.78 bits per heavy atom. The molecule has 0 amide bonds. The molecule has 1 aliphatic carbocycles. The topological polar surface area (TPSA) is 87.3 Å². The fourth-order valence-electron chi connectivity index (χ4n) is 2.60. The zero-order chi connectivity index (χ0) is 13.2. The van der Waals surface area contributed by atoms with E-state index in [-0.39, 0.29) is 0 Å². The molecular formula is C12H21N5O. The number of nitrogen functional groups attached to an aromatic ring is 1. The van der Waals surface area contributed by atoms with E-state index in [4.69, 9.17) is 5.84 Å². The lowest BCUT2D eigenvalue weighted by molar-refractivity contribution is 0.0558. The zero-order valence-electron chi connectivity index (χ0n) is 11.0. The summed E-state index contributed by atoms with van der Waals surface area (Å²) in [7, 11) is 1.94. The molecule has 6 heteroatoms. The van der Waals surface area contributed by atoms with Gasteiger partial charge in [0.15, 0.2) is 0 Å². The van der Waals surface area contributed by atoms with Crippen LogP contribution in [0.2, 0.25) is 0 Å². The Labute approximate surface area is 107 Å². The van der Waals surface area contributed by atoms with Crippen LogP contribution in [0.5, 0.6) is 0 Å². The van der Waals surface area contributed by atoms with Gasteiger partial charge in [-0.25, -0.2) is 10.8 Å².